The lowest BCUT2D eigenvalue weighted by atomic mass is 9.89. The molecule has 1 aromatic carbocycles. The smallest absolute Gasteiger partial charge is 0.262 e. The Morgan fingerprint density at radius 3 is 2.77 bits per heavy atom. The number of fused-ring (bicyclic) bond motifs is 1. The number of para-hydroxylation sites is 1. The van der Waals surface area contributed by atoms with Crippen LogP contribution in [-0.2, 0) is 6.54 Å². The fraction of sp³-hybridized carbons (Fsp3) is 0.556. The van der Waals surface area contributed by atoms with E-state index in [0.29, 0.717) is 5.92 Å². The van der Waals surface area contributed by atoms with E-state index >= 15 is 0 Å². The second-order valence-electron chi connectivity index (χ2n) is 6.18. The minimum absolute atomic E-state index is 0.134. The number of benzene rings is 1. The third kappa shape index (κ3) is 3.37. The summed E-state index contributed by atoms with van der Waals surface area (Å²) >= 11 is 1.72. The molecule has 0 spiro atoms. The zero-order chi connectivity index (χ0) is 15.4. The standard InChI is InChI=1S/C18H24N2OS/c1-2-12-22-18-19-16-11-7-6-10-15(16)17(21)20(18)13-14-8-4-3-5-9-14/h6-7,10-11,14H,2-5,8-9,12-13H2,1H3. The summed E-state index contributed by atoms with van der Waals surface area (Å²) in [4.78, 5) is 17.7. The molecule has 2 aromatic rings. The molecule has 0 radical (unpaired) electrons. The van der Waals surface area contributed by atoms with E-state index in [1.165, 1.54) is 32.1 Å². The topological polar surface area (TPSA) is 34.9 Å². The van der Waals surface area contributed by atoms with Crippen molar-refractivity contribution in [2.45, 2.75) is 57.1 Å². The molecule has 22 heavy (non-hydrogen) atoms. The number of hydrogen-bond acceptors (Lipinski definition) is 3. The van der Waals surface area contributed by atoms with Gasteiger partial charge in [0.1, 0.15) is 0 Å². The van der Waals surface area contributed by atoms with Crippen molar-refractivity contribution >= 4 is 22.7 Å². The number of thioether (sulfide) groups is 1. The van der Waals surface area contributed by atoms with Crippen LogP contribution in [0.5, 0.6) is 0 Å². The first-order valence-corrected chi connectivity index (χ1v) is 9.40. The maximum Gasteiger partial charge on any atom is 0.262 e. The monoisotopic (exact) mass is 316 g/mol. The summed E-state index contributed by atoms with van der Waals surface area (Å²) in [5.41, 5.74) is 0.959. The molecule has 0 N–H and O–H groups in total. The molecule has 1 aliphatic rings. The quantitative estimate of drug-likeness (QED) is 0.602. The second kappa shape index (κ2) is 7.32. The van der Waals surface area contributed by atoms with E-state index in [-0.39, 0.29) is 5.56 Å². The van der Waals surface area contributed by atoms with E-state index in [4.69, 9.17) is 4.98 Å². The Hall–Kier alpha value is -1.29. The van der Waals surface area contributed by atoms with Crippen LogP contribution in [0.2, 0.25) is 0 Å². The fourth-order valence-corrected chi connectivity index (χ4v) is 4.10. The second-order valence-corrected chi connectivity index (χ2v) is 7.24. The van der Waals surface area contributed by atoms with Crippen molar-refractivity contribution in [2.75, 3.05) is 5.75 Å². The first kappa shape index (κ1) is 15.6. The molecule has 0 atom stereocenters. The van der Waals surface area contributed by atoms with E-state index in [1.807, 2.05) is 28.8 Å². The van der Waals surface area contributed by atoms with Gasteiger partial charge in [0.2, 0.25) is 0 Å². The van der Waals surface area contributed by atoms with Gasteiger partial charge < -0.3 is 0 Å². The van der Waals surface area contributed by atoms with E-state index in [0.717, 1.165) is 34.8 Å². The lowest BCUT2D eigenvalue weighted by Crippen LogP contribution is -2.27. The third-order valence-electron chi connectivity index (χ3n) is 4.43. The van der Waals surface area contributed by atoms with Crippen molar-refractivity contribution in [3.05, 3.63) is 34.6 Å². The first-order valence-electron chi connectivity index (χ1n) is 8.42. The van der Waals surface area contributed by atoms with Crippen molar-refractivity contribution in [2.24, 2.45) is 5.92 Å². The van der Waals surface area contributed by atoms with Gasteiger partial charge in [0.15, 0.2) is 5.16 Å². The van der Waals surface area contributed by atoms with Gasteiger partial charge in [-0.3, -0.25) is 9.36 Å². The molecule has 1 saturated carbocycles. The van der Waals surface area contributed by atoms with Crippen LogP contribution in [0.3, 0.4) is 0 Å². The Morgan fingerprint density at radius 2 is 2.00 bits per heavy atom. The van der Waals surface area contributed by atoms with E-state index in [1.54, 1.807) is 11.8 Å². The molecule has 1 aromatic heterocycles. The summed E-state index contributed by atoms with van der Waals surface area (Å²) in [6.07, 6.45) is 7.54. The van der Waals surface area contributed by atoms with Gasteiger partial charge >= 0.3 is 0 Å². The maximum absolute atomic E-state index is 12.9. The number of aromatic nitrogens is 2. The molecule has 4 heteroatoms. The van der Waals surface area contributed by atoms with Crippen LogP contribution in [0.25, 0.3) is 10.9 Å². The molecule has 0 unspecified atom stereocenters. The lowest BCUT2D eigenvalue weighted by molar-refractivity contribution is 0.306. The maximum atomic E-state index is 12.9. The molecule has 118 valence electrons. The molecule has 0 amide bonds. The Kier molecular flexibility index (Phi) is 5.19. The lowest BCUT2D eigenvalue weighted by Gasteiger charge is -2.23. The van der Waals surface area contributed by atoms with Gasteiger partial charge in [-0.2, -0.15) is 0 Å². The number of rotatable bonds is 5. The summed E-state index contributed by atoms with van der Waals surface area (Å²) in [5.74, 6) is 1.64. The zero-order valence-corrected chi connectivity index (χ0v) is 14.1. The average Bonchev–Trinajstić information content (AvgIpc) is 2.57. The minimum atomic E-state index is 0.134. The SMILES string of the molecule is CCCSc1nc2ccccc2c(=O)n1CC1CCCCC1. The van der Waals surface area contributed by atoms with E-state index < -0.39 is 0 Å². The van der Waals surface area contributed by atoms with Crippen LogP contribution in [0.1, 0.15) is 45.4 Å². The summed E-state index contributed by atoms with van der Waals surface area (Å²) in [6.45, 7) is 3.00. The molecular weight excluding hydrogens is 292 g/mol. The highest BCUT2D eigenvalue weighted by Gasteiger charge is 2.18. The van der Waals surface area contributed by atoms with Crippen LogP contribution in [0, 0.1) is 5.92 Å². The van der Waals surface area contributed by atoms with E-state index in [2.05, 4.69) is 6.92 Å². The van der Waals surface area contributed by atoms with Gasteiger partial charge in [0, 0.05) is 12.3 Å². The van der Waals surface area contributed by atoms with Crippen LogP contribution < -0.4 is 5.56 Å². The van der Waals surface area contributed by atoms with Crippen LogP contribution in [0.4, 0.5) is 0 Å². The number of hydrogen-bond donors (Lipinski definition) is 0. The Bertz CT molecular complexity index is 689. The summed E-state index contributed by atoms with van der Waals surface area (Å²) in [5, 5.41) is 1.65. The van der Waals surface area contributed by atoms with Gasteiger partial charge in [0.25, 0.3) is 5.56 Å². The molecule has 0 aliphatic heterocycles. The van der Waals surface area contributed by atoms with Crippen molar-refractivity contribution in [3.63, 3.8) is 0 Å². The first-order chi connectivity index (χ1) is 10.8. The molecule has 3 rings (SSSR count). The molecule has 3 nitrogen and oxygen atoms in total. The highest BCUT2D eigenvalue weighted by Crippen LogP contribution is 2.27. The van der Waals surface area contributed by atoms with Gasteiger partial charge in [-0.1, -0.05) is 50.1 Å². The third-order valence-corrected chi connectivity index (χ3v) is 5.61. The molecule has 1 heterocycles. The van der Waals surface area contributed by atoms with Crippen LogP contribution >= 0.6 is 11.8 Å². The Labute approximate surface area is 136 Å². The van der Waals surface area contributed by atoms with Crippen molar-refractivity contribution in [3.8, 4) is 0 Å². The molecule has 1 aliphatic carbocycles. The van der Waals surface area contributed by atoms with Crippen molar-refractivity contribution in [1.29, 1.82) is 0 Å². The fourth-order valence-electron chi connectivity index (χ4n) is 3.24. The van der Waals surface area contributed by atoms with E-state index in [9.17, 15) is 4.79 Å². The predicted octanol–water partition coefficient (Wildman–Crippen LogP) is 4.48. The normalized spacial score (nSPS) is 16.2. The van der Waals surface area contributed by atoms with Gasteiger partial charge in [-0.15, -0.1) is 0 Å². The van der Waals surface area contributed by atoms with Crippen molar-refractivity contribution < 1.29 is 0 Å². The largest absolute Gasteiger partial charge is 0.287 e. The summed E-state index contributed by atoms with van der Waals surface area (Å²) < 4.78 is 1.94. The zero-order valence-electron chi connectivity index (χ0n) is 13.3. The highest BCUT2D eigenvalue weighted by molar-refractivity contribution is 7.99. The van der Waals surface area contributed by atoms with Gasteiger partial charge in [-0.05, 0) is 37.3 Å². The Balaban J connectivity index is 2.00. The average molecular weight is 316 g/mol. The Morgan fingerprint density at radius 1 is 1.23 bits per heavy atom. The summed E-state index contributed by atoms with van der Waals surface area (Å²) in [7, 11) is 0. The highest BCUT2D eigenvalue weighted by atomic mass is 32.2. The molecule has 0 saturated heterocycles. The number of nitrogens with zero attached hydrogens (tertiary/aromatic N) is 2. The minimum Gasteiger partial charge on any atom is -0.287 e. The molecular formula is C18H24N2OS. The molecule has 0 bridgehead atoms. The van der Waals surface area contributed by atoms with Gasteiger partial charge in [-0.25, -0.2) is 4.98 Å². The molecule has 1 fully saturated rings. The van der Waals surface area contributed by atoms with Crippen LogP contribution in [-0.4, -0.2) is 15.3 Å². The summed E-state index contributed by atoms with van der Waals surface area (Å²) in [6, 6.07) is 7.72. The predicted molar refractivity (Wildman–Crippen MR) is 93.6 cm³/mol. The van der Waals surface area contributed by atoms with Crippen molar-refractivity contribution in [1.82, 2.24) is 9.55 Å². The van der Waals surface area contributed by atoms with Crippen LogP contribution in [0.15, 0.2) is 34.2 Å². The van der Waals surface area contributed by atoms with Gasteiger partial charge in [0.05, 0.1) is 10.9 Å².